The minimum atomic E-state index is -0.0203. The molecule has 118 valence electrons. The van der Waals surface area contributed by atoms with Gasteiger partial charge in [-0.15, -0.1) is 0 Å². The van der Waals surface area contributed by atoms with E-state index in [9.17, 15) is 4.79 Å². The summed E-state index contributed by atoms with van der Waals surface area (Å²) in [5.41, 5.74) is 5.73. The van der Waals surface area contributed by atoms with Crippen LogP contribution in [0.5, 0.6) is 0 Å². The van der Waals surface area contributed by atoms with E-state index in [0.29, 0.717) is 18.5 Å². The number of unbranched alkanes of at least 4 members (excludes halogenated alkanes) is 1. The predicted octanol–water partition coefficient (Wildman–Crippen LogP) is 1.99. The Morgan fingerprint density at radius 3 is 2.50 bits per heavy atom. The van der Waals surface area contributed by atoms with Gasteiger partial charge in [0.15, 0.2) is 0 Å². The highest BCUT2D eigenvalue weighted by atomic mass is 16.1. The summed E-state index contributed by atoms with van der Waals surface area (Å²) in [4.78, 5) is 14.7. The molecule has 0 aromatic heterocycles. The fourth-order valence-electron chi connectivity index (χ4n) is 2.88. The van der Waals surface area contributed by atoms with Crippen LogP contribution in [0.2, 0.25) is 0 Å². The van der Waals surface area contributed by atoms with Gasteiger partial charge in [0.05, 0.1) is 5.92 Å². The second kappa shape index (κ2) is 9.35. The summed E-state index contributed by atoms with van der Waals surface area (Å²) >= 11 is 0. The first kappa shape index (κ1) is 17.4. The van der Waals surface area contributed by atoms with Crippen molar-refractivity contribution in [3.63, 3.8) is 0 Å². The SMILES string of the molecule is CCCCN1CCC(NC(=O)C(CN)CC(C)C)CC1. The van der Waals surface area contributed by atoms with Crippen LogP contribution in [-0.4, -0.2) is 43.0 Å². The molecule has 1 heterocycles. The minimum absolute atomic E-state index is 0.0203. The van der Waals surface area contributed by atoms with E-state index in [2.05, 4.69) is 31.0 Å². The molecule has 0 bridgehead atoms. The highest BCUT2D eigenvalue weighted by molar-refractivity contribution is 5.79. The first-order valence-electron chi connectivity index (χ1n) is 8.29. The third kappa shape index (κ3) is 6.23. The highest BCUT2D eigenvalue weighted by Gasteiger charge is 2.24. The summed E-state index contributed by atoms with van der Waals surface area (Å²) in [6.45, 7) is 10.4. The van der Waals surface area contributed by atoms with Crippen LogP contribution in [0.4, 0.5) is 0 Å². The van der Waals surface area contributed by atoms with Crippen molar-refractivity contribution in [1.29, 1.82) is 0 Å². The van der Waals surface area contributed by atoms with E-state index in [1.165, 1.54) is 19.4 Å². The van der Waals surface area contributed by atoms with Gasteiger partial charge in [-0.25, -0.2) is 0 Å². The van der Waals surface area contributed by atoms with E-state index < -0.39 is 0 Å². The molecule has 0 aliphatic carbocycles. The number of carbonyl (C=O) groups is 1. The maximum absolute atomic E-state index is 12.2. The molecule has 1 rings (SSSR count). The van der Waals surface area contributed by atoms with Gasteiger partial charge in [0.25, 0.3) is 0 Å². The first-order chi connectivity index (χ1) is 9.56. The molecular formula is C16H33N3O. The van der Waals surface area contributed by atoms with E-state index in [-0.39, 0.29) is 11.8 Å². The van der Waals surface area contributed by atoms with E-state index in [1.54, 1.807) is 0 Å². The zero-order valence-corrected chi connectivity index (χ0v) is 13.5. The number of hydrogen-bond donors (Lipinski definition) is 2. The van der Waals surface area contributed by atoms with Crippen molar-refractivity contribution in [3.05, 3.63) is 0 Å². The van der Waals surface area contributed by atoms with Crippen molar-refractivity contribution >= 4 is 5.91 Å². The van der Waals surface area contributed by atoms with Gasteiger partial charge in [-0.3, -0.25) is 4.79 Å². The summed E-state index contributed by atoms with van der Waals surface area (Å²) < 4.78 is 0. The van der Waals surface area contributed by atoms with Crippen molar-refractivity contribution in [2.75, 3.05) is 26.2 Å². The van der Waals surface area contributed by atoms with Crippen molar-refractivity contribution < 1.29 is 4.79 Å². The molecule has 20 heavy (non-hydrogen) atoms. The lowest BCUT2D eigenvalue weighted by Gasteiger charge is -2.33. The van der Waals surface area contributed by atoms with Gasteiger partial charge in [0, 0.05) is 25.7 Å². The predicted molar refractivity (Wildman–Crippen MR) is 84.5 cm³/mol. The molecular weight excluding hydrogens is 250 g/mol. The number of amides is 1. The number of likely N-dealkylation sites (tertiary alicyclic amines) is 1. The van der Waals surface area contributed by atoms with E-state index in [4.69, 9.17) is 5.73 Å². The zero-order chi connectivity index (χ0) is 15.0. The summed E-state index contributed by atoms with van der Waals surface area (Å²) in [5.74, 6) is 0.659. The molecule has 1 fully saturated rings. The molecule has 1 amide bonds. The van der Waals surface area contributed by atoms with Gasteiger partial charge in [0.1, 0.15) is 0 Å². The van der Waals surface area contributed by atoms with Gasteiger partial charge in [-0.1, -0.05) is 27.2 Å². The van der Waals surface area contributed by atoms with Gasteiger partial charge < -0.3 is 16.0 Å². The van der Waals surface area contributed by atoms with Crippen LogP contribution in [-0.2, 0) is 4.79 Å². The van der Waals surface area contributed by atoms with Crippen molar-refractivity contribution in [3.8, 4) is 0 Å². The largest absolute Gasteiger partial charge is 0.353 e. The first-order valence-corrected chi connectivity index (χ1v) is 8.29. The van der Waals surface area contributed by atoms with Crippen LogP contribution in [0.25, 0.3) is 0 Å². The third-order valence-electron chi connectivity index (χ3n) is 4.17. The number of nitrogens with zero attached hydrogens (tertiary/aromatic N) is 1. The molecule has 4 heteroatoms. The van der Waals surface area contributed by atoms with Gasteiger partial charge in [-0.05, 0) is 38.1 Å². The zero-order valence-electron chi connectivity index (χ0n) is 13.5. The molecule has 0 saturated carbocycles. The Balaban J connectivity index is 2.29. The molecule has 1 aliphatic heterocycles. The molecule has 1 atom stereocenters. The third-order valence-corrected chi connectivity index (χ3v) is 4.17. The number of carbonyl (C=O) groups excluding carboxylic acids is 1. The van der Waals surface area contributed by atoms with Crippen molar-refractivity contribution in [1.82, 2.24) is 10.2 Å². The van der Waals surface area contributed by atoms with Crippen molar-refractivity contribution in [2.45, 2.75) is 58.9 Å². The van der Waals surface area contributed by atoms with Crippen LogP contribution in [0.15, 0.2) is 0 Å². The molecule has 0 spiro atoms. The Morgan fingerprint density at radius 2 is 2.00 bits per heavy atom. The number of nitrogens with one attached hydrogen (secondary N) is 1. The van der Waals surface area contributed by atoms with E-state index in [1.807, 2.05) is 0 Å². The van der Waals surface area contributed by atoms with Crippen LogP contribution in [0, 0.1) is 11.8 Å². The molecule has 1 unspecified atom stereocenters. The lowest BCUT2D eigenvalue weighted by Crippen LogP contribution is -2.47. The van der Waals surface area contributed by atoms with Gasteiger partial charge in [0.2, 0.25) is 5.91 Å². The van der Waals surface area contributed by atoms with Crippen LogP contribution in [0.1, 0.15) is 52.9 Å². The monoisotopic (exact) mass is 283 g/mol. The lowest BCUT2D eigenvalue weighted by atomic mass is 9.95. The summed E-state index contributed by atoms with van der Waals surface area (Å²) in [5, 5.41) is 3.21. The van der Waals surface area contributed by atoms with Gasteiger partial charge >= 0.3 is 0 Å². The quantitative estimate of drug-likeness (QED) is 0.716. The molecule has 0 radical (unpaired) electrons. The maximum atomic E-state index is 12.2. The average molecular weight is 283 g/mol. The molecule has 1 saturated heterocycles. The highest BCUT2D eigenvalue weighted by Crippen LogP contribution is 2.14. The van der Waals surface area contributed by atoms with Crippen molar-refractivity contribution in [2.24, 2.45) is 17.6 Å². The number of nitrogens with two attached hydrogens (primary N) is 1. The Labute approximate surface area is 124 Å². The smallest absolute Gasteiger partial charge is 0.224 e. The number of rotatable bonds is 8. The number of piperidine rings is 1. The maximum Gasteiger partial charge on any atom is 0.224 e. The molecule has 0 aromatic carbocycles. The normalized spacial score (nSPS) is 19.2. The summed E-state index contributed by atoms with van der Waals surface area (Å²) in [6, 6.07) is 0.349. The van der Waals surface area contributed by atoms with E-state index >= 15 is 0 Å². The fourth-order valence-corrected chi connectivity index (χ4v) is 2.88. The van der Waals surface area contributed by atoms with Crippen LogP contribution in [0.3, 0.4) is 0 Å². The second-order valence-corrected chi connectivity index (χ2v) is 6.54. The molecule has 0 aromatic rings. The molecule has 1 aliphatic rings. The van der Waals surface area contributed by atoms with E-state index in [0.717, 1.165) is 32.4 Å². The Hall–Kier alpha value is -0.610. The summed E-state index contributed by atoms with van der Waals surface area (Å²) in [7, 11) is 0. The fraction of sp³-hybridized carbons (Fsp3) is 0.938. The van der Waals surface area contributed by atoms with Gasteiger partial charge in [-0.2, -0.15) is 0 Å². The van der Waals surface area contributed by atoms with Crippen LogP contribution < -0.4 is 11.1 Å². The second-order valence-electron chi connectivity index (χ2n) is 6.54. The average Bonchev–Trinajstić information content (AvgIpc) is 2.43. The van der Waals surface area contributed by atoms with Crippen LogP contribution >= 0.6 is 0 Å². The minimum Gasteiger partial charge on any atom is -0.353 e. The molecule has 4 nitrogen and oxygen atoms in total. The molecule has 3 N–H and O–H groups in total. The summed E-state index contributed by atoms with van der Waals surface area (Å²) in [6.07, 6.45) is 5.57. The standard InChI is InChI=1S/C16H33N3O/c1-4-5-8-19-9-6-15(7-10-19)18-16(20)14(12-17)11-13(2)3/h13-15H,4-12,17H2,1-3H3,(H,18,20). The Morgan fingerprint density at radius 1 is 1.35 bits per heavy atom. The Bertz CT molecular complexity index is 273. The Kier molecular flexibility index (Phi) is 8.15. The number of hydrogen-bond acceptors (Lipinski definition) is 3. The topological polar surface area (TPSA) is 58.4 Å². The lowest BCUT2D eigenvalue weighted by molar-refractivity contribution is -0.126.